The summed E-state index contributed by atoms with van der Waals surface area (Å²) in [6.45, 7) is 0. The number of hydrogen-bond donors (Lipinski definition) is 2. The van der Waals surface area contributed by atoms with Crippen molar-refractivity contribution in [1.29, 1.82) is 0 Å². The van der Waals surface area contributed by atoms with E-state index in [1.807, 2.05) is 0 Å². The molecule has 2 heterocycles. The Morgan fingerprint density at radius 1 is 0.630 bits per heavy atom. The lowest BCUT2D eigenvalue weighted by molar-refractivity contribution is 0.998. The standard InChI is InChI=1S/C23H16Br2N2/c24-15-6-8-17-19(12-26-21(17)10-15)23(14-4-2-1-3-5-14)20-13-27-22-11-16(25)7-9-18(20)22/h1-13,23,26-27H. The van der Waals surface area contributed by atoms with Gasteiger partial charge in [-0.05, 0) is 41.0 Å². The molecular formula is C23H16Br2N2. The van der Waals surface area contributed by atoms with Crippen LogP contribution in [0.2, 0.25) is 0 Å². The number of rotatable bonds is 3. The predicted molar refractivity (Wildman–Crippen MR) is 119 cm³/mol. The number of benzene rings is 3. The van der Waals surface area contributed by atoms with E-state index in [-0.39, 0.29) is 5.92 Å². The maximum Gasteiger partial charge on any atom is 0.0468 e. The first-order valence-electron chi connectivity index (χ1n) is 8.79. The van der Waals surface area contributed by atoms with Crippen molar-refractivity contribution in [3.8, 4) is 0 Å². The van der Waals surface area contributed by atoms with E-state index in [0.717, 1.165) is 20.0 Å². The highest BCUT2D eigenvalue weighted by atomic mass is 79.9. The number of aromatic amines is 2. The van der Waals surface area contributed by atoms with Crippen molar-refractivity contribution in [3.63, 3.8) is 0 Å². The summed E-state index contributed by atoms with van der Waals surface area (Å²) in [5.41, 5.74) is 6.14. The maximum atomic E-state index is 3.57. The molecule has 0 aliphatic carbocycles. The summed E-state index contributed by atoms with van der Waals surface area (Å²) in [5.74, 6) is 0.149. The molecule has 2 nitrogen and oxygen atoms in total. The molecule has 0 bridgehead atoms. The van der Waals surface area contributed by atoms with E-state index in [4.69, 9.17) is 0 Å². The Balaban J connectivity index is 1.79. The van der Waals surface area contributed by atoms with Gasteiger partial charge in [0, 0.05) is 49.1 Å². The first-order chi connectivity index (χ1) is 13.2. The molecule has 0 aliphatic heterocycles. The number of aromatic nitrogens is 2. The third-order valence-corrected chi connectivity index (χ3v) is 6.09. The third kappa shape index (κ3) is 2.93. The zero-order valence-electron chi connectivity index (χ0n) is 14.3. The first kappa shape index (κ1) is 16.8. The molecule has 2 aromatic heterocycles. The van der Waals surface area contributed by atoms with Gasteiger partial charge in [-0.2, -0.15) is 0 Å². The van der Waals surface area contributed by atoms with Gasteiger partial charge in [0.25, 0.3) is 0 Å². The van der Waals surface area contributed by atoms with Gasteiger partial charge in [-0.1, -0.05) is 74.3 Å². The number of hydrogen-bond acceptors (Lipinski definition) is 0. The summed E-state index contributed by atoms with van der Waals surface area (Å²) in [5, 5.41) is 2.50. The highest BCUT2D eigenvalue weighted by molar-refractivity contribution is 9.10. The molecule has 0 spiro atoms. The molecule has 5 rings (SSSR count). The monoisotopic (exact) mass is 478 g/mol. The van der Waals surface area contributed by atoms with Gasteiger partial charge in [-0.25, -0.2) is 0 Å². The highest BCUT2D eigenvalue weighted by Crippen LogP contribution is 2.40. The topological polar surface area (TPSA) is 31.6 Å². The van der Waals surface area contributed by atoms with E-state index >= 15 is 0 Å². The van der Waals surface area contributed by atoms with Gasteiger partial charge < -0.3 is 9.97 Å². The molecule has 0 amide bonds. The van der Waals surface area contributed by atoms with Gasteiger partial charge in [0.1, 0.15) is 0 Å². The molecule has 27 heavy (non-hydrogen) atoms. The Bertz CT molecular complexity index is 1170. The van der Waals surface area contributed by atoms with Gasteiger partial charge in [-0.3, -0.25) is 0 Å². The number of H-pyrrole nitrogens is 2. The lowest BCUT2D eigenvalue weighted by Crippen LogP contribution is -2.02. The molecular weight excluding hydrogens is 464 g/mol. The Kier molecular flexibility index (Phi) is 4.18. The second-order valence-electron chi connectivity index (χ2n) is 6.71. The summed E-state index contributed by atoms with van der Waals surface area (Å²) in [7, 11) is 0. The van der Waals surface area contributed by atoms with Crippen LogP contribution in [-0.4, -0.2) is 9.97 Å². The van der Waals surface area contributed by atoms with Crippen LogP contribution in [0.25, 0.3) is 21.8 Å². The van der Waals surface area contributed by atoms with E-state index < -0.39 is 0 Å². The van der Waals surface area contributed by atoms with E-state index in [1.165, 1.54) is 27.5 Å². The zero-order chi connectivity index (χ0) is 18.4. The predicted octanol–water partition coefficient (Wildman–Crippen LogP) is 7.35. The van der Waals surface area contributed by atoms with Crippen molar-refractivity contribution >= 4 is 53.7 Å². The van der Waals surface area contributed by atoms with Crippen molar-refractivity contribution < 1.29 is 0 Å². The summed E-state index contributed by atoms with van der Waals surface area (Å²) < 4.78 is 2.16. The summed E-state index contributed by atoms with van der Waals surface area (Å²) >= 11 is 7.14. The molecule has 3 aromatic carbocycles. The maximum absolute atomic E-state index is 3.57. The lowest BCUT2D eigenvalue weighted by Gasteiger charge is -2.17. The van der Waals surface area contributed by atoms with Gasteiger partial charge >= 0.3 is 0 Å². The van der Waals surface area contributed by atoms with Crippen LogP contribution in [0.3, 0.4) is 0 Å². The largest absolute Gasteiger partial charge is 0.361 e. The van der Waals surface area contributed by atoms with Gasteiger partial charge in [-0.15, -0.1) is 0 Å². The second-order valence-corrected chi connectivity index (χ2v) is 8.54. The summed E-state index contributed by atoms with van der Waals surface area (Å²) in [6, 6.07) is 23.6. The summed E-state index contributed by atoms with van der Waals surface area (Å²) in [4.78, 5) is 6.90. The van der Waals surface area contributed by atoms with Crippen LogP contribution in [0, 0.1) is 0 Å². The average Bonchev–Trinajstić information content (AvgIpc) is 3.27. The number of halogens is 2. The normalized spacial score (nSPS) is 11.7. The minimum atomic E-state index is 0.149. The molecule has 2 N–H and O–H groups in total. The van der Waals surface area contributed by atoms with Crippen molar-refractivity contribution in [2.45, 2.75) is 5.92 Å². The minimum Gasteiger partial charge on any atom is -0.361 e. The van der Waals surface area contributed by atoms with E-state index in [9.17, 15) is 0 Å². The molecule has 0 atom stereocenters. The number of fused-ring (bicyclic) bond motifs is 2. The SMILES string of the molecule is Brc1ccc2c(C(c3ccccc3)c3c[nH]c4cc(Br)ccc34)c[nH]c2c1. The van der Waals surface area contributed by atoms with E-state index in [1.54, 1.807) is 0 Å². The van der Waals surface area contributed by atoms with Crippen molar-refractivity contribution in [1.82, 2.24) is 9.97 Å². The Hall–Kier alpha value is -2.30. The van der Waals surface area contributed by atoms with Gasteiger partial charge in [0.15, 0.2) is 0 Å². The fraction of sp³-hybridized carbons (Fsp3) is 0.0435. The molecule has 0 fully saturated rings. The van der Waals surface area contributed by atoms with Gasteiger partial charge in [0.2, 0.25) is 0 Å². The smallest absolute Gasteiger partial charge is 0.0468 e. The molecule has 0 saturated carbocycles. The molecule has 0 saturated heterocycles. The first-order valence-corrected chi connectivity index (χ1v) is 10.4. The fourth-order valence-corrected chi connectivity index (χ4v) is 4.61. The summed E-state index contributed by atoms with van der Waals surface area (Å²) in [6.07, 6.45) is 4.29. The molecule has 132 valence electrons. The van der Waals surface area contributed by atoms with Crippen molar-refractivity contribution in [3.05, 3.63) is 105 Å². The molecule has 0 unspecified atom stereocenters. The van der Waals surface area contributed by atoms with Crippen LogP contribution < -0.4 is 0 Å². The van der Waals surface area contributed by atoms with Crippen LogP contribution in [0.15, 0.2) is 88.1 Å². The van der Waals surface area contributed by atoms with Crippen LogP contribution >= 0.6 is 31.9 Å². The minimum absolute atomic E-state index is 0.149. The Morgan fingerprint density at radius 3 is 1.67 bits per heavy atom. The quantitative estimate of drug-likeness (QED) is 0.271. The van der Waals surface area contributed by atoms with E-state index in [0.29, 0.717) is 0 Å². The van der Waals surface area contributed by atoms with Crippen LogP contribution in [-0.2, 0) is 0 Å². The average molecular weight is 480 g/mol. The van der Waals surface area contributed by atoms with Crippen molar-refractivity contribution in [2.75, 3.05) is 0 Å². The van der Waals surface area contributed by atoms with Crippen molar-refractivity contribution in [2.24, 2.45) is 0 Å². The molecule has 4 heteroatoms. The Morgan fingerprint density at radius 2 is 1.15 bits per heavy atom. The van der Waals surface area contributed by atoms with E-state index in [2.05, 4.69) is 121 Å². The Labute approximate surface area is 173 Å². The second kappa shape index (κ2) is 6.70. The molecule has 5 aromatic rings. The van der Waals surface area contributed by atoms with Crippen LogP contribution in [0.4, 0.5) is 0 Å². The third-order valence-electron chi connectivity index (χ3n) is 5.11. The fourth-order valence-electron chi connectivity index (χ4n) is 3.89. The zero-order valence-corrected chi connectivity index (χ0v) is 17.5. The van der Waals surface area contributed by atoms with Crippen LogP contribution in [0.5, 0.6) is 0 Å². The van der Waals surface area contributed by atoms with Crippen LogP contribution in [0.1, 0.15) is 22.6 Å². The molecule has 0 aliphatic rings. The lowest BCUT2D eigenvalue weighted by atomic mass is 9.85. The number of nitrogens with one attached hydrogen (secondary N) is 2. The highest BCUT2D eigenvalue weighted by Gasteiger charge is 2.23. The van der Waals surface area contributed by atoms with Gasteiger partial charge in [0.05, 0.1) is 0 Å². The molecule has 0 radical (unpaired) electrons.